The molecular weight excluding hydrogens is 378 g/mol. The van der Waals surface area contributed by atoms with Crippen LogP contribution in [0, 0.1) is 19.8 Å². The molecule has 1 heterocycles. The first-order chi connectivity index (χ1) is 14.3. The van der Waals surface area contributed by atoms with Crippen LogP contribution in [0.1, 0.15) is 30.8 Å². The van der Waals surface area contributed by atoms with Crippen LogP contribution >= 0.6 is 0 Å². The molecule has 0 spiro atoms. The van der Waals surface area contributed by atoms with E-state index >= 15 is 0 Å². The Kier molecular flexibility index (Phi) is 6.51. The minimum atomic E-state index is -0.294. The topological polar surface area (TPSA) is 88.0 Å². The third-order valence-electron chi connectivity index (χ3n) is 4.56. The fraction of sp³-hybridized carbons (Fsp3) is 0.261. The second-order valence-electron chi connectivity index (χ2n) is 7.54. The number of benzene rings is 2. The molecule has 7 nitrogen and oxygen atoms in total. The first kappa shape index (κ1) is 21.1. The van der Waals surface area contributed by atoms with E-state index in [1.165, 1.54) is 0 Å². The largest absolute Gasteiger partial charge is 0.334 e. The Morgan fingerprint density at radius 1 is 0.967 bits per heavy atom. The van der Waals surface area contributed by atoms with Crippen molar-refractivity contribution >= 4 is 23.3 Å². The highest BCUT2D eigenvalue weighted by atomic mass is 16.2. The monoisotopic (exact) mass is 405 g/mol. The number of nitrogens with zero attached hydrogens (tertiary/aromatic N) is 2. The molecule has 30 heavy (non-hydrogen) atoms. The maximum absolute atomic E-state index is 12.3. The summed E-state index contributed by atoms with van der Waals surface area (Å²) >= 11 is 0. The van der Waals surface area contributed by atoms with Crippen LogP contribution in [0.2, 0.25) is 0 Å². The third kappa shape index (κ3) is 5.47. The predicted molar refractivity (Wildman–Crippen MR) is 119 cm³/mol. The van der Waals surface area contributed by atoms with Crippen LogP contribution in [0.25, 0.3) is 5.69 Å². The Hall–Kier alpha value is -3.61. The summed E-state index contributed by atoms with van der Waals surface area (Å²) in [7, 11) is 0. The van der Waals surface area contributed by atoms with E-state index in [9.17, 15) is 9.59 Å². The summed E-state index contributed by atoms with van der Waals surface area (Å²) in [6.45, 7) is 8.01. The number of rotatable bonds is 6. The molecule has 2 aromatic carbocycles. The van der Waals surface area contributed by atoms with Gasteiger partial charge in [-0.3, -0.25) is 4.79 Å². The molecule has 3 N–H and O–H groups in total. The van der Waals surface area contributed by atoms with Gasteiger partial charge >= 0.3 is 6.03 Å². The summed E-state index contributed by atoms with van der Waals surface area (Å²) in [5.41, 5.74) is 5.22. The summed E-state index contributed by atoms with van der Waals surface area (Å²) in [6.07, 6.45) is 0. The molecule has 0 atom stereocenters. The van der Waals surface area contributed by atoms with Crippen molar-refractivity contribution in [3.63, 3.8) is 0 Å². The van der Waals surface area contributed by atoms with Gasteiger partial charge in [-0.15, -0.1) is 0 Å². The molecule has 7 heteroatoms. The number of hydrogen-bond donors (Lipinski definition) is 3. The van der Waals surface area contributed by atoms with Gasteiger partial charge in [-0.25, -0.2) is 9.48 Å². The zero-order valence-electron chi connectivity index (χ0n) is 17.7. The van der Waals surface area contributed by atoms with Crippen LogP contribution in [-0.2, 0) is 11.3 Å². The molecular formula is C23H27N5O2. The molecule has 0 aliphatic heterocycles. The van der Waals surface area contributed by atoms with E-state index < -0.39 is 0 Å². The number of amides is 3. The highest BCUT2D eigenvalue weighted by Crippen LogP contribution is 2.17. The van der Waals surface area contributed by atoms with Gasteiger partial charge in [-0.1, -0.05) is 32.0 Å². The zero-order valence-corrected chi connectivity index (χ0v) is 17.7. The molecule has 0 aliphatic carbocycles. The van der Waals surface area contributed by atoms with E-state index in [-0.39, 0.29) is 17.9 Å². The van der Waals surface area contributed by atoms with E-state index in [1.54, 1.807) is 0 Å². The summed E-state index contributed by atoms with van der Waals surface area (Å²) in [6, 6.07) is 16.7. The maximum atomic E-state index is 12.3. The average Bonchev–Trinajstić information content (AvgIpc) is 3.05. The van der Waals surface area contributed by atoms with Gasteiger partial charge in [0.25, 0.3) is 0 Å². The molecule has 3 rings (SSSR count). The SMILES string of the molecule is Cc1cc(C)n(-c2cccc(NC(=O)NCc3ccc(NC(=O)C(C)C)cc3)c2)n1. The molecule has 0 fully saturated rings. The van der Waals surface area contributed by atoms with E-state index in [0.717, 1.165) is 28.3 Å². The van der Waals surface area contributed by atoms with Crippen molar-refractivity contribution in [1.29, 1.82) is 0 Å². The fourth-order valence-corrected chi connectivity index (χ4v) is 2.96. The van der Waals surface area contributed by atoms with Crippen molar-refractivity contribution in [3.05, 3.63) is 71.5 Å². The lowest BCUT2D eigenvalue weighted by Gasteiger charge is -2.11. The van der Waals surface area contributed by atoms with Crippen molar-refractivity contribution in [2.75, 3.05) is 10.6 Å². The van der Waals surface area contributed by atoms with Crippen LogP contribution in [0.15, 0.2) is 54.6 Å². The molecule has 0 saturated heterocycles. The first-order valence-electron chi connectivity index (χ1n) is 9.90. The van der Waals surface area contributed by atoms with Gasteiger partial charge in [0.1, 0.15) is 0 Å². The highest BCUT2D eigenvalue weighted by molar-refractivity contribution is 5.92. The van der Waals surface area contributed by atoms with Gasteiger partial charge in [-0.2, -0.15) is 5.10 Å². The van der Waals surface area contributed by atoms with E-state index in [0.29, 0.717) is 12.2 Å². The van der Waals surface area contributed by atoms with Crippen LogP contribution in [-0.4, -0.2) is 21.7 Å². The molecule has 156 valence electrons. The van der Waals surface area contributed by atoms with E-state index in [2.05, 4.69) is 21.0 Å². The number of anilines is 2. The number of urea groups is 1. The Morgan fingerprint density at radius 3 is 2.33 bits per heavy atom. The second-order valence-corrected chi connectivity index (χ2v) is 7.54. The van der Waals surface area contributed by atoms with E-state index in [1.807, 2.05) is 87.0 Å². The number of aromatic nitrogens is 2. The Balaban J connectivity index is 1.55. The lowest BCUT2D eigenvalue weighted by molar-refractivity contribution is -0.118. The molecule has 0 aliphatic rings. The van der Waals surface area contributed by atoms with Crippen molar-refractivity contribution < 1.29 is 9.59 Å². The summed E-state index contributed by atoms with van der Waals surface area (Å²) in [5, 5.41) is 13.0. The van der Waals surface area contributed by atoms with Crippen LogP contribution < -0.4 is 16.0 Å². The normalized spacial score (nSPS) is 10.7. The number of carbonyl (C=O) groups excluding carboxylic acids is 2. The third-order valence-corrected chi connectivity index (χ3v) is 4.56. The summed E-state index contributed by atoms with van der Waals surface area (Å²) in [5.74, 6) is -0.0993. The van der Waals surface area contributed by atoms with Gasteiger partial charge in [0.15, 0.2) is 0 Å². The van der Waals surface area contributed by atoms with Gasteiger partial charge in [0.05, 0.1) is 11.4 Å². The minimum Gasteiger partial charge on any atom is -0.334 e. The van der Waals surface area contributed by atoms with Gasteiger partial charge in [0.2, 0.25) is 5.91 Å². The van der Waals surface area contributed by atoms with Crippen molar-refractivity contribution in [3.8, 4) is 5.69 Å². The summed E-state index contributed by atoms with van der Waals surface area (Å²) in [4.78, 5) is 24.0. The predicted octanol–water partition coefficient (Wildman–Crippen LogP) is 4.41. The number of hydrogen-bond acceptors (Lipinski definition) is 3. The summed E-state index contributed by atoms with van der Waals surface area (Å²) < 4.78 is 1.85. The van der Waals surface area contributed by atoms with Gasteiger partial charge in [0, 0.05) is 29.5 Å². The molecule has 0 saturated carbocycles. The minimum absolute atomic E-state index is 0.0250. The smallest absolute Gasteiger partial charge is 0.319 e. The van der Waals surface area contributed by atoms with Crippen LogP contribution in [0.5, 0.6) is 0 Å². The lowest BCUT2D eigenvalue weighted by atomic mass is 10.1. The van der Waals surface area contributed by atoms with Crippen molar-refractivity contribution in [1.82, 2.24) is 15.1 Å². The number of nitrogens with one attached hydrogen (secondary N) is 3. The molecule has 3 aromatic rings. The van der Waals surface area contributed by atoms with Crippen LogP contribution in [0.3, 0.4) is 0 Å². The second kappa shape index (κ2) is 9.26. The first-order valence-corrected chi connectivity index (χ1v) is 9.90. The molecule has 1 aromatic heterocycles. The molecule has 0 radical (unpaired) electrons. The van der Waals surface area contributed by atoms with Crippen LogP contribution in [0.4, 0.5) is 16.2 Å². The number of aryl methyl sites for hydroxylation is 2. The van der Waals surface area contributed by atoms with Crippen molar-refractivity contribution in [2.45, 2.75) is 34.2 Å². The molecule has 3 amide bonds. The zero-order chi connectivity index (χ0) is 21.7. The molecule has 0 unspecified atom stereocenters. The average molecular weight is 406 g/mol. The van der Waals surface area contributed by atoms with Crippen molar-refractivity contribution in [2.24, 2.45) is 5.92 Å². The van der Waals surface area contributed by atoms with Gasteiger partial charge in [-0.05, 0) is 55.8 Å². The highest BCUT2D eigenvalue weighted by Gasteiger charge is 2.08. The lowest BCUT2D eigenvalue weighted by Crippen LogP contribution is -2.28. The number of carbonyl (C=O) groups is 2. The fourth-order valence-electron chi connectivity index (χ4n) is 2.96. The Bertz CT molecular complexity index is 1040. The maximum Gasteiger partial charge on any atom is 0.319 e. The molecule has 0 bridgehead atoms. The Labute approximate surface area is 176 Å². The standard InChI is InChI=1S/C23H27N5O2/c1-15(2)22(29)25-19-10-8-18(9-11-19)14-24-23(30)26-20-6-5-7-21(13-20)28-17(4)12-16(3)27-28/h5-13,15H,14H2,1-4H3,(H,25,29)(H2,24,26,30). The Morgan fingerprint density at radius 2 is 1.70 bits per heavy atom. The van der Waals surface area contributed by atoms with Gasteiger partial charge < -0.3 is 16.0 Å². The van der Waals surface area contributed by atoms with E-state index in [4.69, 9.17) is 0 Å². The quantitative estimate of drug-likeness (QED) is 0.568.